The first-order chi connectivity index (χ1) is 19.0. The second-order valence-electron chi connectivity index (χ2n) is 10.6. The maximum atomic E-state index is 15.2. The van der Waals surface area contributed by atoms with Gasteiger partial charge in [0.15, 0.2) is 17.3 Å². The molecule has 216 valence electrons. The number of fused-ring (bicyclic) bond motifs is 1. The molecule has 0 spiro atoms. The van der Waals surface area contributed by atoms with Crippen molar-refractivity contribution in [2.75, 3.05) is 18.2 Å². The highest BCUT2D eigenvalue weighted by Crippen LogP contribution is 2.35. The Morgan fingerprint density at radius 3 is 2.37 bits per heavy atom. The number of rotatable bonds is 8. The Balaban J connectivity index is 1.91. The van der Waals surface area contributed by atoms with Gasteiger partial charge in [0.25, 0.3) is 20.1 Å². The molecular formula is C27H27F2N5O5S2. The second kappa shape index (κ2) is 10.8. The minimum absolute atomic E-state index is 0.0157. The van der Waals surface area contributed by atoms with Crippen LogP contribution in [0.3, 0.4) is 0 Å². The molecule has 14 heteroatoms. The molecule has 0 aliphatic heterocycles. The maximum Gasteiger partial charge on any atom is 0.269 e. The van der Waals surface area contributed by atoms with Crippen LogP contribution in [0.2, 0.25) is 0 Å². The zero-order valence-corrected chi connectivity index (χ0v) is 24.4. The van der Waals surface area contributed by atoms with E-state index in [0.29, 0.717) is 0 Å². The number of pyridine rings is 2. The second-order valence-corrected chi connectivity index (χ2v) is 14.0. The average Bonchev–Trinajstić information content (AvgIpc) is 3.25. The standard InChI is InChI=1S/C27H27F2N5O5S2/c1-16-6-8-19(9-7-16)41(37,38)34-14-21(20-11-18(28)13-31-26(20)34)24-17(12-30)10-22(29)25(33-24)32-23(27(2,3)4)15-39-40(5,35)36/h6-11,13-14,23H,15H2,1-5H3,(H,32,33). The molecule has 0 fully saturated rings. The van der Waals surface area contributed by atoms with E-state index in [1.54, 1.807) is 39.8 Å². The van der Waals surface area contributed by atoms with Crippen molar-refractivity contribution in [3.8, 4) is 17.3 Å². The SMILES string of the molecule is Cc1ccc(S(=O)(=O)n2cc(-c3nc(NC(COS(C)(=O)=O)C(C)(C)C)c(F)cc3C#N)c3cc(F)cnc32)cc1. The van der Waals surface area contributed by atoms with E-state index in [2.05, 4.69) is 15.3 Å². The van der Waals surface area contributed by atoms with Crippen LogP contribution in [0.4, 0.5) is 14.6 Å². The minimum Gasteiger partial charge on any atom is -0.362 e. The fraction of sp³-hybridized carbons (Fsp3) is 0.296. The molecule has 4 rings (SSSR count). The van der Waals surface area contributed by atoms with Crippen LogP contribution in [0.5, 0.6) is 0 Å². The molecule has 4 aromatic rings. The van der Waals surface area contributed by atoms with Crippen molar-refractivity contribution in [2.24, 2.45) is 5.41 Å². The maximum absolute atomic E-state index is 15.2. The molecule has 0 saturated carbocycles. The molecule has 41 heavy (non-hydrogen) atoms. The van der Waals surface area contributed by atoms with Crippen LogP contribution >= 0.6 is 0 Å². The van der Waals surface area contributed by atoms with Crippen molar-refractivity contribution in [1.82, 2.24) is 13.9 Å². The highest BCUT2D eigenvalue weighted by Gasteiger charge is 2.30. The number of hydrogen-bond acceptors (Lipinski definition) is 9. The summed E-state index contributed by atoms with van der Waals surface area (Å²) in [6, 6.07) is 9.14. The van der Waals surface area contributed by atoms with Crippen molar-refractivity contribution < 1.29 is 29.8 Å². The van der Waals surface area contributed by atoms with Gasteiger partial charge in [-0.05, 0) is 36.6 Å². The molecule has 1 unspecified atom stereocenters. The summed E-state index contributed by atoms with van der Waals surface area (Å²) in [6.45, 7) is 6.78. The molecule has 0 radical (unpaired) electrons. The van der Waals surface area contributed by atoms with Gasteiger partial charge in [0.05, 0.1) is 41.3 Å². The zero-order chi connectivity index (χ0) is 30.3. The number of halogens is 2. The normalized spacial score (nSPS) is 13.2. The largest absolute Gasteiger partial charge is 0.362 e. The fourth-order valence-electron chi connectivity index (χ4n) is 4.00. The molecule has 1 atom stereocenters. The molecule has 0 bridgehead atoms. The average molecular weight is 604 g/mol. The van der Waals surface area contributed by atoms with Crippen LogP contribution in [0.15, 0.2) is 53.7 Å². The van der Waals surface area contributed by atoms with Crippen LogP contribution in [-0.4, -0.2) is 49.7 Å². The number of hydrogen-bond donors (Lipinski definition) is 1. The zero-order valence-electron chi connectivity index (χ0n) is 22.8. The summed E-state index contributed by atoms with van der Waals surface area (Å²) in [5.41, 5.74) is -0.292. The monoisotopic (exact) mass is 603 g/mol. The summed E-state index contributed by atoms with van der Waals surface area (Å²) in [4.78, 5) is 8.24. The Morgan fingerprint density at radius 1 is 1.12 bits per heavy atom. The van der Waals surface area contributed by atoms with E-state index in [-0.39, 0.29) is 45.2 Å². The molecule has 0 saturated heterocycles. The number of nitrogens with zero attached hydrogens (tertiary/aromatic N) is 4. The molecule has 0 amide bonds. The number of nitrogens with one attached hydrogen (secondary N) is 1. The fourth-order valence-corrected chi connectivity index (χ4v) is 5.70. The van der Waals surface area contributed by atoms with E-state index in [9.17, 15) is 26.5 Å². The van der Waals surface area contributed by atoms with Crippen LogP contribution in [0.1, 0.15) is 31.9 Å². The van der Waals surface area contributed by atoms with E-state index in [1.165, 1.54) is 12.1 Å². The van der Waals surface area contributed by atoms with Gasteiger partial charge in [0.1, 0.15) is 11.9 Å². The number of aryl methyl sites for hydroxylation is 1. The van der Waals surface area contributed by atoms with Crippen LogP contribution in [-0.2, 0) is 24.3 Å². The highest BCUT2D eigenvalue weighted by molar-refractivity contribution is 7.90. The third-order valence-electron chi connectivity index (χ3n) is 6.31. The summed E-state index contributed by atoms with van der Waals surface area (Å²) in [5, 5.41) is 12.7. The van der Waals surface area contributed by atoms with E-state index < -0.39 is 43.2 Å². The highest BCUT2D eigenvalue weighted by atomic mass is 32.2. The van der Waals surface area contributed by atoms with Gasteiger partial charge in [-0.3, -0.25) is 4.18 Å². The molecular weight excluding hydrogens is 576 g/mol. The van der Waals surface area contributed by atoms with Crippen molar-refractivity contribution in [1.29, 1.82) is 5.26 Å². The molecule has 1 N–H and O–H groups in total. The Bertz CT molecular complexity index is 1890. The van der Waals surface area contributed by atoms with Gasteiger partial charge in [-0.25, -0.2) is 31.1 Å². The minimum atomic E-state index is -4.22. The molecule has 3 heterocycles. The first-order valence-electron chi connectivity index (χ1n) is 12.2. The van der Waals surface area contributed by atoms with Gasteiger partial charge in [0.2, 0.25) is 0 Å². The first-order valence-corrected chi connectivity index (χ1v) is 15.5. The van der Waals surface area contributed by atoms with E-state index >= 15 is 4.39 Å². The van der Waals surface area contributed by atoms with Crippen molar-refractivity contribution in [3.05, 3.63) is 71.6 Å². The lowest BCUT2D eigenvalue weighted by molar-refractivity contribution is 0.224. The number of aromatic nitrogens is 3. The van der Waals surface area contributed by atoms with Crippen LogP contribution in [0, 0.1) is 35.3 Å². The summed E-state index contributed by atoms with van der Waals surface area (Å²) in [5.74, 6) is -2.03. The summed E-state index contributed by atoms with van der Waals surface area (Å²) >= 11 is 0. The van der Waals surface area contributed by atoms with Crippen molar-refractivity contribution in [3.63, 3.8) is 0 Å². The molecule has 0 aliphatic rings. The Labute approximate surface area is 236 Å². The van der Waals surface area contributed by atoms with Gasteiger partial charge >= 0.3 is 0 Å². The third kappa shape index (κ3) is 6.37. The van der Waals surface area contributed by atoms with Crippen LogP contribution < -0.4 is 5.32 Å². The van der Waals surface area contributed by atoms with Gasteiger partial charge < -0.3 is 5.32 Å². The Hall–Kier alpha value is -3.93. The van der Waals surface area contributed by atoms with E-state index in [4.69, 9.17) is 4.18 Å². The smallest absolute Gasteiger partial charge is 0.269 e. The summed E-state index contributed by atoms with van der Waals surface area (Å²) in [7, 11) is -8.03. The Morgan fingerprint density at radius 2 is 1.78 bits per heavy atom. The third-order valence-corrected chi connectivity index (χ3v) is 8.54. The first kappa shape index (κ1) is 30.0. The van der Waals surface area contributed by atoms with Gasteiger partial charge in [0, 0.05) is 17.1 Å². The lowest BCUT2D eigenvalue weighted by atomic mass is 9.87. The van der Waals surface area contributed by atoms with E-state index in [1.807, 2.05) is 6.07 Å². The summed E-state index contributed by atoms with van der Waals surface area (Å²) < 4.78 is 85.7. The molecule has 3 aromatic heterocycles. The predicted octanol–water partition coefficient (Wildman–Crippen LogP) is 4.60. The number of benzene rings is 1. The van der Waals surface area contributed by atoms with Crippen molar-refractivity contribution >= 4 is 37.0 Å². The molecule has 1 aromatic carbocycles. The van der Waals surface area contributed by atoms with Gasteiger partial charge in [-0.15, -0.1) is 0 Å². The number of anilines is 1. The van der Waals surface area contributed by atoms with Crippen LogP contribution in [0.25, 0.3) is 22.3 Å². The topological polar surface area (TPSA) is 144 Å². The van der Waals surface area contributed by atoms with Crippen molar-refractivity contribution in [2.45, 2.75) is 38.6 Å². The predicted molar refractivity (Wildman–Crippen MR) is 149 cm³/mol. The molecule has 0 aliphatic carbocycles. The van der Waals surface area contributed by atoms with Gasteiger partial charge in [-0.2, -0.15) is 13.7 Å². The Kier molecular flexibility index (Phi) is 7.92. The molecule has 10 nitrogen and oxygen atoms in total. The lowest BCUT2D eigenvalue weighted by Crippen LogP contribution is -2.39. The number of nitriles is 1. The lowest BCUT2D eigenvalue weighted by Gasteiger charge is -2.31. The van der Waals surface area contributed by atoms with E-state index in [0.717, 1.165) is 40.3 Å². The summed E-state index contributed by atoms with van der Waals surface area (Å²) in [6.07, 6.45) is 2.91. The van der Waals surface area contributed by atoms with Gasteiger partial charge in [-0.1, -0.05) is 38.5 Å². The quantitative estimate of drug-likeness (QED) is 0.286.